The molecular formula is C11H21NO3. The minimum Gasteiger partial charge on any atom is -0.480 e. The van der Waals surface area contributed by atoms with Gasteiger partial charge in [-0.3, -0.25) is 10.1 Å². The van der Waals surface area contributed by atoms with Crippen LogP contribution in [0.1, 0.15) is 39.0 Å². The number of carboxylic acids is 1. The zero-order chi connectivity index (χ0) is 11.1. The molecule has 0 amide bonds. The van der Waals surface area contributed by atoms with Crippen molar-refractivity contribution < 1.29 is 14.6 Å². The van der Waals surface area contributed by atoms with Crippen LogP contribution in [0.25, 0.3) is 0 Å². The third-order valence-electron chi connectivity index (χ3n) is 3.03. The lowest BCUT2D eigenvalue weighted by Crippen LogP contribution is -2.54. The highest BCUT2D eigenvalue weighted by molar-refractivity contribution is 5.78. The van der Waals surface area contributed by atoms with Gasteiger partial charge in [-0.05, 0) is 19.8 Å². The van der Waals surface area contributed by atoms with Gasteiger partial charge in [-0.15, -0.1) is 0 Å². The SMILES string of the molecule is CCOCCNC1(C(=O)O)CCCCC1. The Morgan fingerprint density at radius 3 is 2.60 bits per heavy atom. The molecule has 0 aromatic rings. The lowest BCUT2D eigenvalue weighted by atomic mass is 9.82. The first-order chi connectivity index (χ1) is 7.21. The molecule has 0 heterocycles. The van der Waals surface area contributed by atoms with Crippen LogP contribution in [0.15, 0.2) is 0 Å². The topological polar surface area (TPSA) is 58.6 Å². The second kappa shape index (κ2) is 6.08. The van der Waals surface area contributed by atoms with Gasteiger partial charge in [0.1, 0.15) is 5.54 Å². The van der Waals surface area contributed by atoms with Crippen molar-refractivity contribution in [3.05, 3.63) is 0 Å². The van der Waals surface area contributed by atoms with Crippen molar-refractivity contribution in [3.63, 3.8) is 0 Å². The van der Waals surface area contributed by atoms with Gasteiger partial charge in [0.2, 0.25) is 0 Å². The summed E-state index contributed by atoms with van der Waals surface area (Å²) in [6.07, 6.45) is 4.66. The Balaban J connectivity index is 2.39. The summed E-state index contributed by atoms with van der Waals surface area (Å²) in [7, 11) is 0. The molecule has 0 spiro atoms. The molecule has 1 aliphatic rings. The summed E-state index contributed by atoms with van der Waals surface area (Å²) in [6, 6.07) is 0. The van der Waals surface area contributed by atoms with E-state index in [0.29, 0.717) is 19.8 Å². The molecule has 1 saturated carbocycles. The number of aliphatic carboxylic acids is 1. The van der Waals surface area contributed by atoms with Gasteiger partial charge in [-0.1, -0.05) is 19.3 Å². The summed E-state index contributed by atoms with van der Waals surface area (Å²) < 4.78 is 5.19. The summed E-state index contributed by atoms with van der Waals surface area (Å²) in [6.45, 7) is 3.83. The highest BCUT2D eigenvalue weighted by Crippen LogP contribution is 2.28. The molecule has 0 aromatic heterocycles. The van der Waals surface area contributed by atoms with E-state index >= 15 is 0 Å². The fourth-order valence-electron chi connectivity index (χ4n) is 2.13. The highest BCUT2D eigenvalue weighted by Gasteiger charge is 2.38. The molecular weight excluding hydrogens is 194 g/mol. The number of rotatable bonds is 6. The number of carboxylic acid groups (broad SMARTS) is 1. The molecule has 0 radical (unpaired) electrons. The van der Waals surface area contributed by atoms with Crippen molar-refractivity contribution in [1.82, 2.24) is 5.32 Å². The standard InChI is InChI=1S/C11H21NO3/c1-2-15-9-8-12-11(10(13)14)6-4-3-5-7-11/h12H,2-9H2,1H3,(H,13,14). The number of hydrogen-bond donors (Lipinski definition) is 2. The van der Waals surface area contributed by atoms with Crippen LogP contribution in [-0.4, -0.2) is 36.4 Å². The maximum absolute atomic E-state index is 11.2. The molecule has 88 valence electrons. The fraction of sp³-hybridized carbons (Fsp3) is 0.909. The van der Waals surface area contributed by atoms with Gasteiger partial charge in [0.05, 0.1) is 6.61 Å². The minimum atomic E-state index is -0.710. The average molecular weight is 215 g/mol. The first-order valence-corrected chi connectivity index (χ1v) is 5.77. The van der Waals surface area contributed by atoms with Gasteiger partial charge in [0, 0.05) is 13.2 Å². The second-order valence-electron chi connectivity index (χ2n) is 4.07. The van der Waals surface area contributed by atoms with E-state index in [1.807, 2.05) is 6.92 Å². The van der Waals surface area contributed by atoms with Crippen LogP contribution in [0.5, 0.6) is 0 Å². The Kier molecular flexibility index (Phi) is 5.05. The highest BCUT2D eigenvalue weighted by atomic mass is 16.5. The Hall–Kier alpha value is -0.610. The molecule has 0 aliphatic heterocycles. The molecule has 1 rings (SSSR count). The molecule has 2 N–H and O–H groups in total. The van der Waals surface area contributed by atoms with E-state index in [1.54, 1.807) is 0 Å². The van der Waals surface area contributed by atoms with Gasteiger partial charge >= 0.3 is 5.97 Å². The number of carbonyl (C=O) groups is 1. The van der Waals surface area contributed by atoms with Crippen molar-refractivity contribution in [3.8, 4) is 0 Å². The summed E-state index contributed by atoms with van der Waals surface area (Å²) in [5.41, 5.74) is -0.685. The van der Waals surface area contributed by atoms with E-state index < -0.39 is 11.5 Å². The van der Waals surface area contributed by atoms with Crippen LogP contribution < -0.4 is 5.32 Å². The predicted octanol–water partition coefficient (Wildman–Crippen LogP) is 1.40. The van der Waals surface area contributed by atoms with E-state index in [9.17, 15) is 9.90 Å². The summed E-state index contributed by atoms with van der Waals surface area (Å²) in [5, 5.41) is 12.4. The molecule has 0 bridgehead atoms. The molecule has 4 nitrogen and oxygen atoms in total. The van der Waals surface area contributed by atoms with Gasteiger partial charge in [-0.25, -0.2) is 0 Å². The van der Waals surface area contributed by atoms with Crippen LogP contribution in [0.2, 0.25) is 0 Å². The Morgan fingerprint density at radius 2 is 2.07 bits per heavy atom. The van der Waals surface area contributed by atoms with Crippen molar-refractivity contribution in [2.24, 2.45) is 0 Å². The lowest BCUT2D eigenvalue weighted by Gasteiger charge is -2.34. The van der Waals surface area contributed by atoms with Crippen molar-refractivity contribution in [2.45, 2.75) is 44.6 Å². The summed E-state index contributed by atoms with van der Waals surface area (Å²) >= 11 is 0. The largest absolute Gasteiger partial charge is 0.480 e. The third-order valence-corrected chi connectivity index (χ3v) is 3.03. The van der Waals surface area contributed by atoms with Gasteiger partial charge in [-0.2, -0.15) is 0 Å². The molecule has 15 heavy (non-hydrogen) atoms. The number of ether oxygens (including phenoxy) is 1. The quantitative estimate of drug-likeness (QED) is 0.658. The fourth-order valence-corrected chi connectivity index (χ4v) is 2.13. The van der Waals surface area contributed by atoms with E-state index in [-0.39, 0.29) is 0 Å². The van der Waals surface area contributed by atoms with Gasteiger partial charge in [0.15, 0.2) is 0 Å². The average Bonchev–Trinajstić information content (AvgIpc) is 2.26. The van der Waals surface area contributed by atoms with E-state index in [0.717, 1.165) is 32.1 Å². The first kappa shape index (κ1) is 12.5. The predicted molar refractivity (Wildman–Crippen MR) is 57.9 cm³/mol. The van der Waals surface area contributed by atoms with E-state index in [4.69, 9.17) is 4.74 Å². The third kappa shape index (κ3) is 3.47. The maximum Gasteiger partial charge on any atom is 0.323 e. The summed E-state index contributed by atoms with van der Waals surface area (Å²) in [5.74, 6) is -0.710. The number of hydrogen-bond acceptors (Lipinski definition) is 3. The lowest BCUT2D eigenvalue weighted by molar-refractivity contribution is -0.146. The zero-order valence-corrected chi connectivity index (χ0v) is 9.42. The molecule has 0 aromatic carbocycles. The summed E-state index contributed by atoms with van der Waals surface area (Å²) in [4.78, 5) is 11.2. The molecule has 1 fully saturated rings. The molecule has 0 saturated heterocycles. The second-order valence-corrected chi connectivity index (χ2v) is 4.07. The van der Waals surface area contributed by atoms with Crippen molar-refractivity contribution >= 4 is 5.97 Å². The van der Waals surface area contributed by atoms with Gasteiger partial charge < -0.3 is 9.84 Å². The Labute approximate surface area is 91.0 Å². The monoisotopic (exact) mass is 215 g/mol. The molecule has 0 atom stereocenters. The Bertz CT molecular complexity index is 200. The maximum atomic E-state index is 11.2. The smallest absolute Gasteiger partial charge is 0.323 e. The van der Waals surface area contributed by atoms with Crippen LogP contribution in [0.4, 0.5) is 0 Å². The van der Waals surface area contributed by atoms with Crippen LogP contribution in [-0.2, 0) is 9.53 Å². The van der Waals surface area contributed by atoms with Gasteiger partial charge in [0.25, 0.3) is 0 Å². The zero-order valence-electron chi connectivity index (χ0n) is 9.42. The van der Waals surface area contributed by atoms with Crippen molar-refractivity contribution in [1.29, 1.82) is 0 Å². The van der Waals surface area contributed by atoms with Crippen LogP contribution >= 0.6 is 0 Å². The minimum absolute atomic E-state index is 0.589. The molecule has 0 unspecified atom stereocenters. The van der Waals surface area contributed by atoms with E-state index in [2.05, 4.69) is 5.32 Å². The molecule has 4 heteroatoms. The van der Waals surface area contributed by atoms with Crippen LogP contribution in [0.3, 0.4) is 0 Å². The first-order valence-electron chi connectivity index (χ1n) is 5.77. The molecule has 1 aliphatic carbocycles. The normalized spacial score (nSPS) is 20.1. The number of nitrogens with one attached hydrogen (secondary N) is 1. The van der Waals surface area contributed by atoms with Crippen molar-refractivity contribution in [2.75, 3.05) is 19.8 Å². The van der Waals surface area contributed by atoms with E-state index in [1.165, 1.54) is 0 Å². The Morgan fingerprint density at radius 1 is 1.40 bits per heavy atom. The van der Waals surface area contributed by atoms with Crippen LogP contribution in [0, 0.1) is 0 Å².